The molecule has 0 aromatic heterocycles. The summed E-state index contributed by atoms with van der Waals surface area (Å²) in [6, 6.07) is 22.1. The quantitative estimate of drug-likeness (QED) is 0.525. The number of ether oxygens (including phenoxy) is 1. The Morgan fingerprint density at radius 1 is 0.909 bits per heavy atom. The molecule has 0 unspecified atom stereocenters. The molecular formula is C26H22N2O5. The van der Waals surface area contributed by atoms with Crippen molar-refractivity contribution in [1.82, 2.24) is 5.32 Å². The Morgan fingerprint density at radius 2 is 1.55 bits per heavy atom. The number of nitrogens with one attached hydrogen (secondary N) is 2. The molecule has 0 aliphatic heterocycles. The number of rotatable bonds is 6. The van der Waals surface area contributed by atoms with Gasteiger partial charge in [0.2, 0.25) is 5.91 Å². The molecule has 2 aliphatic rings. The van der Waals surface area contributed by atoms with E-state index in [2.05, 4.69) is 22.8 Å². The van der Waals surface area contributed by atoms with E-state index in [4.69, 9.17) is 9.84 Å². The maximum absolute atomic E-state index is 12.8. The van der Waals surface area contributed by atoms with Crippen molar-refractivity contribution in [3.05, 3.63) is 89.5 Å². The van der Waals surface area contributed by atoms with Crippen molar-refractivity contribution in [2.24, 2.45) is 0 Å². The number of fused-ring (bicyclic) bond motifs is 3. The van der Waals surface area contributed by atoms with Crippen LogP contribution in [0.2, 0.25) is 0 Å². The van der Waals surface area contributed by atoms with Gasteiger partial charge in [0.1, 0.15) is 12.1 Å². The van der Waals surface area contributed by atoms with E-state index in [0.29, 0.717) is 18.5 Å². The van der Waals surface area contributed by atoms with Crippen LogP contribution >= 0.6 is 0 Å². The molecule has 166 valence electrons. The molecule has 5 rings (SSSR count). The molecule has 3 aromatic carbocycles. The smallest absolute Gasteiger partial charge is 0.408 e. The van der Waals surface area contributed by atoms with Crippen LogP contribution in [0.1, 0.15) is 40.2 Å². The predicted molar refractivity (Wildman–Crippen MR) is 122 cm³/mol. The Kier molecular flexibility index (Phi) is 5.09. The van der Waals surface area contributed by atoms with Crippen molar-refractivity contribution in [3.8, 4) is 11.1 Å². The zero-order valence-electron chi connectivity index (χ0n) is 17.7. The molecule has 33 heavy (non-hydrogen) atoms. The molecule has 1 saturated carbocycles. The molecule has 0 bridgehead atoms. The standard InChI is InChI=1S/C26H22N2O5/c29-23(30)16-6-5-7-17(14-16)27-24(31)26(12-13-26)28-25(32)33-15-22-20-10-3-1-8-18(20)19-9-2-4-11-21(19)22/h1-11,14,22H,12-13,15H2,(H,27,31)(H,28,32)(H,29,30). The maximum Gasteiger partial charge on any atom is 0.408 e. The number of alkyl carbamates (subject to hydrolysis) is 1. The summed E-state index contributed by atoms with van der Waals surface area (Å²) in [5.74, 6) is -1.53. The van der Waals surface area contributed by atoms with Gasteiger partial charge in [-0.2, -0.15) is 0 Å². The minimum absolute atomic E-state index is 0.0640. The highest BCUT2D eigenvalue weighted by molar-refractivity contribution is 6.02. The Morgan fingerprint density at radius 3 is 2.15 bits per heavy atom. The summed E-state index contributed by atoms with van der Waals surface area (Å²) >= 11 is 0. The molecular weight excluding hydrogens is 420 g/mol. The van der Waals surface area contributed by atoms with Gasteiger partial charge in [0, 0.05) is 11.6 Å². The van der Waals surface area contributed by atoms with Gasteiger partial charge < -0.3 is 20.5 Å². The molecule has 0 atom stereocenters. The van der Waals surface area contributed by atoms with Gasteiger partial charge in [-0.15, -0.1) is 0 Å². The van der Waals surface area contributed by atoms with Gasteiger partial charge in [-0.1, -0.05) is 54.6 Å². The summed E-state index contributed by atoms with van der Waals surface area (Å²) in [5, 5.41) is 14.5. The number of carboxylic acid groups (broad SMARTS) is 1. The SMILES string of the molecule is O=C(NC1(C(=O)Nc2cccc(C(=O)O)c2)CC1)OCC1c2ccccc2-c2ccccc21. The second-order valence-corrected chi connectivity index (χ2v) is 8.37. The van der Waals surface area contributed by atoms with Crippen molar-refractivity contribution in [2.45, 2.75) is 24.3 Å². The lowest BCUT2D eigenvalue weighted by Gasteiger charge is -2.19. The summed E-state index contributed by atoms with van der Waals surface area (Å²) in [7, 11) is 0. The van der Waals surface area contributed by atoms with Gasteiger partial charge in [-0.05, 0) is 53.3 Å². The highest BCUT2D eigenvalue weighted by Crippen LogP contribution is 2.44. The minimum Gasteiger partial charge on any atom is -0.478 e. The Labute approximate surface area is 190 Å². The van der Waals surface area contributed by atoms with Gasteiger partial charge in [0.25, 0.3) is 0 Å². The number of amides is 2. The molecule has 7 nitrogen and oxygen atoms in total. The van der Waals surface area contributed by atoms with Crippen molar-refractivity contribution in [3.63, 3.8) is 0 Å². The van der Waals surface area contributed by atoms with Crippen LogP contribution in [0.15, 0.2) is 72.8 Å². The zero-order chi connectivity index (χ0) is 23.0. The third-order valence-corrected chi connectivity index (χ3v) is 6.24. The van der Waals surface area contributed by atoms with Crippen molar-refractivity contribution in [2.75, 3.05) is 11.9 Å². The molecule has 3 N–H and O–H groups in total. The van der Waals surface area contributed by atoms with Gasteiger partial charge in [0.05, 0.1) is 5.56 Å². The average Bonchev–Trinajstić information content (AvgIpc) is 3.53. The van der Waals surface area contributed by atoms with Crippen LogP contribution in [0.25, 0.3) is 11.1 Å². The van der Waals surface area contributed by atoms with E-state index < -0.39 is 23.5 Å². The van der Waals surface area contributed by atoms with Crippen LogP contribution in [0.4, 0.5) is 10.5 Å². The lowest BCUT2D eigenvalue weighted by Crippen LogP contribution is -2.46. The highest BCUT2D eigenvalue weighted by atomic mass is 16.5. The molecule has 1 fully saturated rings. The second kappa shape index (κ2) is 8.09. The molecule has 0 saturated heterocycles. The highest BCUT2D eigenvalue weighted by Gasteiger charge is 2.51. The number of benzene rings is 3. The first-order valence-electron chi connectivity index (χ1n) is 10.7. The number of aromatic carboxylic acids is 1. The first kappa shape index (κ1) is 20.8. The monoisotopic (exact) mass is 442 g/mol. The summed E-state index contributed by atoms with van der Waals surface area (Å²) in [6.07, 6.45) is 0.326. The van der Waals surface area contributed by atoms with Crippen LogP contribution in [-0.2, 0) is 9.53 Å². The molecule has 2 aliphatic carbocycles. The molecule has 7 heteroatoms. The molecule has 0 radical (unpaired) electrons. The summed E-state index contributed by atoms with van der Waals surface area (Å²) < 4.78 is 5.56. The molecule has 0 spiro atoms. The summed E-state index contributed by atoms with van der Waals surface area (Å²) in [5.41, 5.74) is 3.91. The summed E-state index contributed by atoms with van der Waals surface area (Å²) in [4.78, 5) is 36.5. The van der Waals surface area contributed by atoms with Gasteiger partial charge in [-0.25, -0.2) is 9.59 Å². The lowest BCUT2D eigenvalue weighted by atomic mass is 9.98. The largest absolute Gasteiger partial charge is 0.478 e. The topological polar surface area (TPSA) is 105 Å². The third-order valence-electron chi connectivity index (χ3n) is 6.24. The van der Waals surface area contributed by atoms with Crippen LogP contribution in [0, 0.1) is 0 Å². The Balaban J connectivity index is 1.23. The van der Waals surface area contributed by atoms with E-state index in [-0.39, 0.29) is 18.1 Å². The first-order valence-corrected chi connectivity index (χ1v) is 10.7. The van der Waals surface area contributed by atoms with Crippen LogP contribution in [0.3, 0.4) is 0 Å². The van der Waals surface area contributed by atoms with Gasteiger partial charge in [0.15, 0.2) is 0 Å². The normalized spacial score (nSPS) is 15.2. The number of anilines is 1. The number of carbonyl (C=O) groups excluding carboxylic acids is 2. The van der Waals surface area contributed by atoms with Crippen LogP contribution in [0.5, 0.6) is 0 Å². The summed E-state index contributed by atoms with van der Waals surface area (Å²) in [6.45, 7) is 0.165. The van der Waals surface area contributed by atoms with E-state index in [9.17, 15) is 14.4 Å². The van der Waals surface area contributed by atoms with E-state index in [1.165, 1.54) is 12.1 Å². The first-order chi connectivity index (χ1) is 16.0. The minimum atomic E-state index is -1.08. The van der Waals surface area contributed by atoms with Crippen molar-refractivity contribution in [1.29, 1.82) is 0 Å². The van der Waals surface area contributed by atoms with Crippen LogP contribution < -0.4 is 10.6 Å². The van der Waals surface area contributed by atoms with Gasteiger partial charge in [-0.3, -0.25) is 4.79 Å². The van der Waals surface area contributed by atoms with Gasteiger partial charge >= 0.3 is 12.1 Å². The fourth-order valence-electron chi connectivity index (χ4n) is 4.34. The molecule has 3 aromatic rings. The van der Waals surface area contributed by atoms with Crippen LogP contribution in [-0.4, -0.2) is 35.2 Å². The molecule has 0 heterocycles. The Hall–Kier alpha value is -4.13. The van der Waals surface area contributed by atoms with E-state index in [0.717, 1.165) is 22.3 Å². The second-order valence-electron chi connectivity index (χ2n) is 8.37. The van der Waals surface area contributed by atoms with Crippen molar-refractivity contribution < 1.29 is 24.2 Å². The van der Waals surface area contributed by atoms with E-state index in [1.807, 2.05) is 36.4 Å². The average molecular weight is 442 g/mol. The fraction of sp³-hybridized carbons (Fsp3) is 0.192. The fourth-order valence-corrected chi connectivity index (χ4v) is 4.34. The maximum atomic E-state index is 12.8. The predicted octanol–water partition coefficient (Wildman–Crippen LogP) is 4.39. The molecule has 2 amide bonds. The lowest BCUT2D eigenvalue weighted by molar-refractivity contribution is -0.119. The zero-order valence-corrected chi connectivity index (χ0v) is 17.7. The van der Waals surface area contributed by atoms with E-state index in [1.54, 1.807) is 12.1 Å². The van der Waals surface area contributed by atoms with Crippen molar-refractivity contribution >= 4 is 23.7 Å². The Bertz CT molecular complexity index is 1220. The number of hydrogen-bond acceptors (Lipinski definition) is 4. The number of hydrogen-bond donors (Lipinski definition) is 3. The number of carbonyl (C=O) groups is 3. The van der Waals surface area contributed by atoms with E-state index >= 15 is 0 Å². The number of carboxylic acids is 1. The third kappa shape index (κ3) is 3.93.